The van der Waals surface area contributed by atoms with Gasteiger partial charge in [-0.25, -0.2) is 0 Å². The van der Waals surface area contributed by atoms with E-state index in [1.807, 2.05) is 36.6 Å². The normalized spacial score (nSPS) is 11.4. The number of ketones is 1. The molecule has 148 valence electrons. The molecule has 0 aromatic heterocycles. The summed E-state index contributed by atoms with van der Waals surface area (Å²) in [5.74, 6) is 1.77. The van der Waals surface area contributed by atoms with Gasteiger partial charge >= 0.3 is 0 Å². The molecule has 2 rings (SSSR count). The highest BCUT2D eigenvalue weighted by Gasteiger charge is 2.11. The van der Waals surface area contributed by atoms with Gasteiger partial charge in [0.25, 0.3) is 0 Å². The van der Waals surface area contributed by atoms with Crippen molar-refractivity contribution in [3.05, 3.63) is 53.6 Å². The van der Waals surface area contributed by atoms with E-state index >= 15 is 0 Å². The second-order valence-electron chi connectivity index (χ2n) is 6.16. The van der Waals surface area contributed by atoms with E-state index in [-0.39, 0.29) is 28.8 Å². The number of carbonyl (C=O) groups is 1. The van der Waals surface area contributed by atoms with Gasteiger partial charge in [-0.15, -0.1) is 28.7 Å². The first-order valence-corrected chi connectivity index (χ1v) is 9.91. The molecule has 4 nitrogen and oxygen atoms in total. The van der Waals surface area contributed by atoms with Crippen molar-refractivity contribution >= 4 is 34.5 Å². The fourth-order valence-corrected chi connectivity index (χ4v) is 3.25. The van der Waals surface area contributed by atoms with Crippen LogP contribution in [0.1, 0.15) is 29.3 Å². The van der Waals surface area contributed by atoms with E-state index in [2.05, 4.69) is 24.4 Å². The van der Waals surface area contributed by atoms with Crippen LogP contribution in [0.3, 0.4) is 0 Å². The number of thioether (sulfide) groups is 1. The fourth-order valence-electron chi connectivity index (χ4n) is 2.66. The number of benzene rings is 2. The largest absolute Gasteiger partial charge is 0.497 e. The van der Waals surface area contributed by atoms with Crippen LogP contribution in [0.2, 0.25) is 0 Å². The monoisotopic (exact) mass is 453 g/mol. The molecule has 0 aliphatic carbocycles. The molecule has 0 spiro atoms. The first kappa shape index (κ1) is 23.5. The first-order chi connectivity index (χ1) is 12.6. The first-order valence-electron chi connectivity index (χ1n) is 8.69. The third-order valence-corrected chi connectivity index (χ3v) is 5.10. The molecule has 0 heterocycles. The molecule has 27 heavy (non-hydrogen) atoms. The van der Waals surface area contributed by atoms with Gasteiger partial charge < -0.3 is 14.8 Å². The van der Waals surface area contributed by atoms with Crippen molar-refractivity contribution in [1.29, 1.82) is 0 Å². The minimum Gasteiger partial charge on any atom is -0.497 e. The smallest absolute Gasteiger partial charge is 0.176 e. The zero-order valence-electron chi connectivity index (χ0n) is 16.3. The van der Waals surface area contributed by atoms with E-state index in [0.717, 1.165) is 29.2 Å². The number of ether oxygens (including phenoxy) is 2. The van der Waals surface area contributed by atoms with E-state index in [4.69, 9.17) is 9.47 Å². The summed E-state index contributed by atoms with van der Waals surface area (Å²) in [7, 11) is 3.31. The second-order valence-corrected chi connectivity index (χ2v) is 7.01. The topological polar surface area (TPSA) is 47.6 Å². The van der Waals surface area contributed by atoms with E-state index < -0.39 is 0 Å². The molecular weight excluding hydrogens is 426 g/mol. The van der Waals surface area contributed by atoms with Crippen LogP contribution >= 0.6 is 28.7 Å². The van der Waals surface area contributed by atoms with Gasteiger partial charge in [-0.1, -0.05) is 12.1 Å². The van der Waals surface area contributed by atoms with Crippen LogP contribution in [-0.2, 0) is 6.42 Å². The van der Waals surface area contributed by atoms with Crippen molar-refractivity contribution in [2.45, 2.75) is 30.7 Å². The van der Waals surface area contributed by atoms with Gasteiger partial charge in [0.2, 0.25) is 0 Å². The summed E-state index contributed by atoms with van der Waals surface area (Å²) >= 11 is 1.58. The number of halogens is 1. The van der Waals surface area contributed by atoms with Gasteiger partial charge in [0.05, 0.1) is 20.8 Å². The Bertz CT molecular complexity index is 722. The van der Waals surface area contributed by atoms with Gasteiger partial charge in [-0.3, -0.25) is 4.79 Å². The molecular formula is C21H28BrNO3S. The van der Waals surface area contributed by atoms with Gasteiger partial charge in [0.1, 0.15) is 11.5 Å². The van der Waals surface area contributed by atoms with Crippen LogP contribution < -0.4 is 14.8 Å². The van der Waals surface area contributed by atoms with Crippen molar-refractivity contribution in [2.75, 3.05) is 27.0 Å². The predicted molar refractivity (Wildman–Crippen MR) is 118 cm³/mol. The van der Waals surface area contributed by atoms with Crippen LogP contribution in [0.4, 0.5) is 0 Å². The van der Waals surface area contributed by atoms with Crippen molar-refractivity contribution in [2.24, 2.45) is 0 Å². The molecule has 0 fully saturated rings. The van der Waals surface area contributed by atoms with Gasteiger partial charge in [-0.2, -0.15) is 0 Å². The maximum Gasteiger partial charge on any atom is 0.176 e. The third-order valence-electron chi connectivity index (χ3n) is 4.34. The second kappa shape index (κ2) is 12.1. The molecule has 0 bridgehead atoms. The lowest BCUT2D eigenvalue weighted by atomic mass is 10.1. The van der Waals surface area contributed by atoms with Crippen molar-refractivity contribution in [3.63, 3.8) is 0 Å². The van der Waals surface area contributed by atoms with E-state index in [1.54, 1.807) is 26.0 Å². The lowest BCUT2D eigenvalue weighted by Gasteiger charge is -2.14. The van der Waals surface area contributed by atoms with Crippen molar-refractivity contribution in [1.82, 2.24) is 5.32 Å². The number of carbonyl (C=O) groups excluding carboxylic acids is 1. The Morgan fingerprint density at radius 1 is 1.11 bits per heavy atom. The Labute approximate surface area is 176 Å². The van der Waals surface area contributed by atoms with E-state index in [0.29, 0.717) is 12.1 Å². The zero-order chi connectivity index (χ0) is 18.9. The van der Waals surface area contributed by atoms with Crippen LogP contribution in [0, 0.1) is 0 Å². The minimum atomic E-state index is 0. The number of rotatable bonds is 10. The summed E-state index contributed by atoms with van der Waals surface area (Å²) in [5, 5.41) is 3.33. The molecule has 6 heteroatoms. The van der Waals surface area contributed by atoms with Gasteiger partial charge in [0.15, 0.2) is 5.78 Å². The molecule has 0 aliphatic rings. The molecule has 1 atom stereocenters. The number of Topliss-reactive ketones (excluding diaryl/α,β-unsaturated/α-hetero) is 1. The summed E-state index contributed by atoms with van der Waals surface area (Å²) in [6, 6.07) is 14.0. The molecule has 0 radical (unpaired) electrons. The average Bonchev–Trinajstić information content (AvgIpc) is 2.70. The summed E-state index contributed by atoms with van der Waals surface area (Å²) < 4.78 is 10.5. The molecule has 1 unspecified atom stereocenters. The Morgan fingerprint density at radius 3 is 2.41 bits per heavy atom. The molecule has 0 saturated heterocycles. The zero-order valence-corrected chi connectivity index (χ0v) is 18.8. The Morgan fingerprint density at radius 2 is 1.81 bits per heavy atom. The van der Waals surface area contributed by atoms with Gasteiger partial charge in [-0.05, 0) is 61.9 Å². The third kappa shape index (κ3) is 7.20. The van der Waals surface area contributed by atoms with E-state index in [9.17, 15) is 4.79 Å². The molecule has 0 aliphatic heterocycles. The summed E-state index contributed by atoms with van der Waals surface area (Å²) in [4.78, 5) is 13.4. The van der Waals surface area contributed by atoms with Crippen LogP contribution in [0.5, 0.6) is 11.5 Å². The predicted octanol–water partition coefficient (Wildman–Crippen LogP) is 4.80. The Hall–Kier alpha value is -1.50. The number of hydrogen-bond acceptors (Lipinski definition) is 5. The van der Waals surface area contributed by atoms with Crippen molar-refractivity contribution in [3.8, 4) is 11.5 Å². The molecule has 0 amide bonds. The van der Waals surface area contributed by atoms with Crippen LogP contribution in [0.25, 0.3) is 0 Å². The fraction of sp³-hybridized carbons (Fsp3) is 0.381. The molecule has 0 saturated carbocycles. The number of methoxy groups -OCH3 is 2. The Balaban J connectivity index is 0.00000364. The maximum absolute atomic E-state index is 12.4. The molecule has 2 aromatic carbocycles. The summed E-state index contributed by atoms with van der Waals surface area (Å²) in [6.45, 7) is 2.45. The lowest BCUT2D eigenvalue weighted by molar-refractivity contribution is 0.0987. The lowest BCUT2D eigenvalue weighted by Crippen LogP contribution is -2.31. The minimum absolute atomic E-state index is 0. The Kier molecular flexibility index (Phi) is 10.5. The quantitative estimate of drug-likeness (QED) is 0.413. The molecule has 2 aromatic rings. The average molecular weight is 454 g/mol. The maximum atomic E-state index is 12.4. The SMILES string of the molecule is Br.COc1ccc(CCC(C)NCC(=O)c2ccc(OC)c(SC)c2)cc1. The highest BCUT2D eigenvalue weighted by Crippen LogP contribution is 2.28. The number of aryl methyl sites for hydroxylation is 1. The van der Waals surface area contributed by atoms with Crippen LogP contribution in [-0.4, -0.2) is 38.8 Å². The van der Waals surface area contributed by atoms with Crippen molar-refractivity contribution < 1.29 is 14.3 Å². The van der Waals surface area contributed by atoms with Gasteiger partial charge in [0, 0.05) is 16.5 Å². The number of nitrogens with one attached hydrogen (secondary N) is 1. The summed E-state index contributed by atoms with van der Waals surface area (Å²) in [6.07, 6.45) is 3.91. The standard InChI is InChI=1S/C21H27NO3S.BrH/c1-15(5-6-16-7-10-18(24-2)11-8-16)22-14-19(23)17-9-12-20(25-3)21(13-17)26-4;/h7-13,15,22H,5-6,14H2,1-4H3;1H. The molecule has 1 N–H and O–H groups in total. The highest BCUT2D eigenvalue weighted by atomic mass is 79.9. The van der Waals surface area contributed by atoms with Crippen LogP contribution in [0.15, 0.2) is 47.4 Å². The summed E-state index contributed by atoms with van der Waals surface area (Å²) in [5.41, 5.74) is 1.98. The number of hydrogen-bond donors (Lipinski definition) is 1. The van der Waals surface area contributed by atoms with E-state index in [1.165, 1.54) is 5.56 Å². The highest BCUT2D eigenvalue weighted by molar-refractivity contribution is 8.93.